The van der Waals surface area contributed by atoms with Crippen LogP contribution >= 0.6 is 11.6 Å². The summed E-state index contributed by atoms with van der Waals surface area (Å²) < 4.78 is 25.5. The quantitative estimate of drug-likeness (QED) is 0.254. The van der Waals surface area contributed by atoms with Crippen LogP contribution in [-0.4, -0.2) is 56.3 Å². The van der Waals surface area contributed by atoms with Crippen LogP contribution in [0.3, 0.4) is 0 Å². The molecule has 0 saturated carbocycles. The third-order valence-electron chi connectivity index (χ3n) is 4.51. The first-order valence-electron chi connectivity index (χ1n) is 11.1. The van der Waals surface area contributed by atoms with Crippen LogP contribution in [0.15, 0.2) is 30.3 Å². The Morgan fingerprint density at radius 1 is 0.583 bits per heavy atom. The minimum atomic E-state index is -1.16. The number of hydrogen-bond donors (Lipinski definition) is 0. The molecule has 0 N–H and O–H groups in total. The van der Waals surface area contributed by atoms with Gasteiger partial charge in [0, 0.05) is 5.02 Å². The van der Waals surface area contributed by atoms with Gasteiger partial charge in [-0.2, -0.15) is 0 Å². The molecule has 0 aromatic heterocycles. The van der Waals surface area contributed by atoms with Crippen LogP contribution in [0.25, 0.3) is 0 Å². The Hall–Kier alpha value is -3.92. The molecule has 0 atom stereocenters. The van der Waals surface area contributed by atoms with Gasteiger partial charge in [-0.3, -0.25) is 0 Å². The van der Waals surface area contributed by atoms with Gasteiger partial charge in [-0.05, 0) is 58.0 Å². The first-order chi connectivity index (χ1) is 17.2. The number of ether oxygens (including phenoxy) is 5. The molecule has 0 aliphatic heterocycles. The third-order valence-corrected chi connectivity index (χ3v) is 4.76. The second-order valence-corrected chi connectivity index (χ2v) is 7.26. The van der Waals surface area contributed by atoms with E-state index in [-0.39, 0.29) is 32.2 Å². The molecule has 0 amide bonds. The summed E-state index contributed by atoms with van der Waals surface area (Å²) in [5.74, 6) is -5.48. The molecule has 0 aliphatic rings. The fourth-order valence-electron chi connectivity index (χ4n) is 3.12. The van der Waals surface area contributed by atoms with Crippen molar-refractivity contribution in [3.05, 3.63) is 63.2 Å². The van der Waals surface area contributed by atoms with Gasteiger partial charge < -0.3 is 23.7 Å². The predicted molar refractivity (Wildman–Crippen MR) is 127 cm³/mol. The Morgan fingerprint density at radius 2 is 0.972 bits per heavy atom. The van der Waals surface area contributed by atoms with Gasteiger partial charge in [0.05, 0.1) is 54.2 Å². The van der Waals surface area contributed by atoms with Crippen molar-refractivity contribution in [3.63, 3.8) is 0 Å². The lowest BCUT2D eigenvalue weighted by molar-refractivity contribution is 0.0441. The zero-order chi connectivity index (χ0) is 26.8. The molecular formula is C25H25ClO10. The molecule has 0 fully saturated rings. The highest BCUT2D eigenvalue weighted by molar-refractivity contribution is 6.30. The Morgan fingerprint density at radius 3 is 1.42 bits per heavy atom. The van der Waals surface area contributed by atoms with Crippen molar-refractivity contribution in [2.24, 2.45) is 0 Å². The van der Waals surface area contributed by atoms with E-state index in [2.05, 4.69) is 0 Å². The van der Waals surface area contributed by atoms with E-state index in [1.165, 1.54) is 52.0 Å². The van der Waals surface area contributed by atoms with Gasteiger partial charge in [0.25, 0.3) is 0 Å². The van der Waals surface area contributed by atoms with Crippen molar-refractivity contribution in [3.8, 4) is 5.75 Å². The summed E-state index contributed by atoms with van der Waals surface area (Å²) >= 11 is 5.86. The fourth-order valence-corrected chi connectivity index (χ4v) is 3.24. The molecule has 2 aromatic rings. The lowest BCUT2D eigenvalue weighted by Crippen LogP contribution is -2.27. The lowest BCUT2D eigenvalue weighted by atomic mass is 9.90. The summed E-state index contributed by atoms with van der Waals surface area (Å²) in [6.07, 6.45) is 0. The first kappa shape index (κ1) is 28.3. The van der Waals surface area contributed by atoms with Crippen LogP contribution in [0, 0.1) is 0 Å². The molecule has 0 bridgehead atoms. The van der Waals surface area contributed by atoms with Gasteiger partial charge in [0.2, 0.25) is 0 Å². The Labute approximate surface area is 212 Å². The molecule has 36 heavy (non-hydrogen) atoms. The largest absolute Gasteiger partial charge is 0.462 e. The molecule has 2 aromatic carbocycles. The maximum atomic E-state index is 13.2. The second kappa shape index (κ2) is 13.2. The van der Waals surface area contributed by atoms with Gasteiger partial charge in [0.1, 0.15) is 5.75 Å². The SMILES string of the molecule is CCOC(=O)c1cc(C(=O)Oc2ccc(Cl)cc2)c(C(=O)OCC)c(C(=O)OCC)c1C(=O)OCC. The average Bonchev–Trinajstić information content (AvgIpc) is 2.84. The summed E-state index contributed by atoms with van der Waals surface area (Å²) in [5, 5.41) is 0.384. The van der Waals surface area contributed by atoms with Crippen molar-refractivity contribution in [1.82, 2.24) is 0 Å². The van der Waals surface area contributed by atoms with Crippen LogP contribution in [0.1, 0.15) is 79.5 Å². The fraction of sp³-hybridized carbons (Fsp3) is 0.320. The normalized spacial score (nSPS) is 10.2. The highest BCUT2D eigenvalue weighted by Gasteiger charge is 2.37. The molecule has 0 unspecified atom stereocenters. The van der Waals surface area contributed by atoms with Gasteiger partial charge in [-0.1, -0.05) is 11.6 Å². The molecule has 0 radical (unpaired) electrons. The molecule has 11 heteroatoms. The van der Waals surface area contributed by atoms with Crippen LogP contribution in [0.5, 0.6) is 5.75 Å². The van der Waals surface area contributed by atoms with E-state index >= 15 is 0 Å². The zero-order valence-corrected chi connectivity index (χ0v) is 20.9. The highest BCUT2D eigenvalue weighted by atomic mass is 35.5. The maximum absolute atomic E-state index is 13.2. The Kier molecular flexibility index (Phi) is 10.4. The number of rotatable bonds is 10. The standard InChI is InChI=1S/C25H25ClO10/c1-5-32-21(27)16-13-17(22(28)36-15-11-9-14(26)10-12-15)19(24(30)34-7-3)20(25(31)35-8-4)18(16)23(29)33-6-2/h9-13H,5-8H2,1-4H3. The minimum absolute atomic E-state index is 0.0593. The molecule has 0 spiro atoms. The summed E-state index contributed by atoms with van der Waals surface area (Å²) in [6.45, 7) is 5.58. The van der Waals surface area contributed by atoms with E-state index in [1.807, 2.05) is 0 Å². The molecule has 192 valence electrons. The monoisotopic (exact) mass is 520 g/mol. The first-order valence-corrected chi connectivity index (χ1v) is 11.4. The van der Waals surface area contributed by atoms with E-state index < -0.39 is 57.7 Å². The maximum Gasteiger partial charge on any atom is 0.344 e. The minimum Gasteiger partial charge on any atom is -0.462 e. The summed E-state index contributed by atoms with van der Waals surface area (Å²) in [5.41, 5.74) is -2.91. The van der Waals surface area contributed by atoms with Gasteiger partial charge in [0.15, 0.2) is 0 Å². The summed E-state index contributed by atoms with van der Waals surface area (Å²) in [4.78, 5) is 65.0. The second-order valence-electron chi connectivity index (χ2n) is 6.82. The molecule has 0 aliphatic carbocycles. The van der Waals surface area contributed by atoms with Crippen LogP contribution < -0.4 is 4.74 Å². The average molecular weight is 521 g/mol. The van der Waals surface area contributed by atoms with Crippen molar-refractivity contribution in [2.75, 3.05) is 26.4 Å². The molecule has 10 nitrogen and oxygen atoms in total. The number of benzene rings is 2. The number of esters is 5. The van der Waals surface area contributed by atoms with Crippen molar-refractivity contribution in [2.45, 2.75) is 27.7 Å². The zero-order valence-electron chi connectivity index (χ0n) is 20.2. The molecule has 2 rings (SSSR count). The third kappa shape index (κ3) is 6.60. The highest BCUT2D eigenvalue weighted by Crippen LogP contribution is 2.29. The van der Waals surface area contributed by atoms with Gasteiger partial charge in [-0.25, -0.2) is 24.0 Å². The van der Waals surface area contributed by atoms with E-state index in [4.69, 9.17) is 35.3 Å². The van der Waals surface area contributed by atoms with Crippen molar-refractivity contribution >= 4 is 41.4 Å². The van der Waals surface area contributed by atoms with E-state index in [0.717, 1.165) is 6.07 Å². The lowest BCUT2D eigenvalue weighted by Gasteiger charge is -2.19. The number of hydrogen-bond acceptors (Lipinski definition) is 10. The van der Waals surface area contributed by atoms with Crippen molar-refractivity contribution < 1.29 is 47.7 Å². The van der Waals surface area contributed by atoms with Crippen LogP contribution in [0.2, 0.25) is 5.02 Å². The predicted octanol–water partition coefficient (Wildman–Crippen LogP) is 4.27. The number of carbonyl (C=O) groups is 5. The van der Waals surface area contributed by atoms with E-state index in [1.54, 1.807) is 0 Å². The molecular weight excluding hydrogens is 496 g/mol. The smallest absolute Gasteiger partial charge is 0.344 e. The molecule has 0 saturated heterocycles. The van der Waals surface area contributed by atoms with Gasteiger partial charge >= 0.3 is 29.8 Å². The Balaban J connectivity index is 2.93. The number of carbonyl (C=O) groups excluding carboxylic acids is 5. The van der Waals surface area contributed by atoms with E-state index in [9.17, 15) is 24.0 Å². The number of halogens is 1. The summed E-state index contributed by atoms with van der Waals surface area (Å²) in [6, 6.07) is 6.66. The van der Waals surface area contributed by atoms with Crippen LogP contribution in [-0.2, 0) is 18.9 Å². The topological polar surface area (TPSA) is 132 Å². The van der Waals surface area contributed by atoms with E-state index in [0.29, 0.717) is 5.02 Å². The Bertz CT molecular complexity index is 1150. The van der Waals surface area contributed by atoms with Gasteiger partial charge in [-0.15, -0.1) is 0 Å². The van der Waals surface area contributed by atoms with Crippen LogP contribution in [0.4, 0.5) is 0 Å². The summed E-state index contributed by atoms with van der Waals surface area (Å²) in [7, 11) is 0. The molecule has 0 heterocycles. The van der Waals surface area contributed by atoms with Crippen molar-refractivity contribution in [1.29, 1.82) is 0 Å².